The third kappa shape index (κ3) is 8.55. The van der Waals surface area contributed by atoms with E-state index in [1.807, 2.05) is 0 Å². The Morgan fingerprint density at radius 3 is 2.48 bits per heavy atom. The molecule has 1 aromatic rings. The molecule has 0 amide bonds. The molecule has 1 aromatic heterocycles. The summed E-state index contributed by atoms with van der Waals surface area (Å²) in [6.45, 7) is 0.773. The van der Waals surface area contributed by atoms with Crippen molar-refractivity contribution in [2.24, 2.45) is 0 Å². The van der Waals surface area contributed by atoms with Gasteiger partial charge in [0.15, 0.2) is 6.61 Å². The van der Waals surface area contributed by atoms with Gasteiger partial charge in [0.2, 0.25) is 5.88 Å². The third-order valence-corrected chi connectivity index (χ3v) is 3.99. The fraction of sp³-hybridized carbons (Fsp3) is 0.688. The first kappa shape index (κ1) is 20.2. The molecule has 0 saturated heterocycles. The van der Waals surface area contributed by atoms with E-state index in [4.69, 9.17) is 0 Å². The van der Waals surface area contributed by atoms with Crippen LogP contribution in [-0.4, -0.2) is 22.9 Å². The summed E-state index contributed by atoms with van der Waals surface area (Å²) < 4.78 is 41.3. The van der Waals surface area contributed by atoms with Crippen molar-refractivity contribution in [3.63, 3.8) is 0 Å². The highest BCUT2D eigenvalue weighted by molar-refractivity contribution is 9.10. The lowest BCUT2D eigenvalue weighted by Gasteiger charge is -2.13. The summed E-state index contributed by atoms with van der Waals surface area (Å²) in [4.78, 5) is 3.84. The summed E-state index contributed by atoms with van der Waals surface area (Å²) in [5.41, 5.74) is 0.574. The Bertz CT molecular complexity index is 469. The number of halogens is 4. The van der Waals surface area contributed by atoms with Gasteiger partial charge in [0.05, 0.1) is 10.6 Å². The second-order valence-electron chi connectivity index (χ2n) is 5.53. The average molecular weight is 398 g/mol. The van der Waals surface area contributed by atoms with Crippen LogP contribution >= 0.6 is 15.9 Å². The summed E-state index contributed by atoms with van der Waals surface area (Å²) in [5.74, 6) is -0.127. The topological polar surface area (TPSA) is 42.4 Å². The van der Waals surface area contributed by atoms with E-state index in [9.17, 15) is 18.3 Å². The van der Waals surface area contributed by atoms with Gasteiger partial charge in [-0.25, -0.2) is 4.98 Å². The molecule has 1 atom stereocenters. The second-order valence-corrected chi connectivity index (χ2v) is 6.39. The fourth-order valence-electron chi connectivity index (χ4n) is 2.16. The van der Waals surface area contributed by atoms with Gasteiger partial charge in [-0.3, -0.25) is 0 Å². The number of rotatable bonds is 10. The maximum atomic E-state index is 12.1. The summed E-state index contributed by atoms with van der Waals surface area (Å²) in [7, 11) is 0. The maximum absolute atomic E-state index is 12.1. The molecule has 3 nitrogen and oxygen atoms in total. The molecule has 0 aromatic carbocycles. The minimum absolute atomic E-state index is 0.127. The van der Waals surface area contributed by atoms with E-state index in [1.54, 1.807) is 6.07 Å². The van der Waals surface area contributed by atoms with Crippen LogP contribution in [-0.2, 0) is 0 Å². The Kier molecular flexibility index (Phi) is 8.91. The van der Waals surface area contributed by atoms with Crippen LogP contribution < -0.4 is 4.74 Å². The number of ether oxygens (including phenoxy) is 1. The lowest BCUT2D eigenvalue weighted by molar-refractivity contribution is -0.154. The summed E-state index contributed by atoms with van der Waals surface area (Å²) in [6, 6.07) is 1.56. The second kappa shape index (κ2) is 10.1. The molecule has 1 unspecified atom stereocenters. The van der Waals surface area contributed by atoms with E-state index < -0.39 is 18.9 Å². The number of aromatic nitrogens is 1. The molecule has 0 aliphatic rings. The number of aliphatic hydroxyl groups excluding tert-OH is 1. The zero-order valence-electron chi connectivity index (χ0n) is 13.2. The molecule has 0 bridgehead atoms. The maximum Gasteiger partial charge on any atom is 0.422 e. The van der Waals surface area contributed by atoms with E-state index >= 15 is 0 Å². The number of alkyl halides is 3. The number of hydrogen-bond donors (Lipinski definition) is 1. The Hall–Kier alpha value is -0.820. The minimum atomic E-state index is -4.41. The Labute approximate surface area is 143 Å². The molecule has 0 radical (unpaired) electrons. The molecule has 0 fully saturated rings. The van der Waals surface area contributed by atoms with Crippen LogP contribution in [0.3, 0.4) is 0 Å². The molecule has 132 valence electrons. The van der Waals surface area contributed by atoms with Crippen LogP contribution in [0, 0.1) is 0 Å². The van der Waals surface area contributed by atoms with Crippen LogP contribution in [0.5, 0.6) is 5.88 Å². The largest absolute Gasteiger partial charge is 0.467 e. The van der Waals surface area contributed by atoms with Crippen LogP contribution in [0.1, 0.15) is 63.5 Å². The number of unbranched alkanes of at least 4 members (excludes halogenated alkanes) is 5. The van der Waals surface area contributed by atoms with Crippen LogP contribution in [0.2, 0.25) is 0 Å². The first-order valence-corrected chi connectivity index (χ1v) is 8.66. The Balaban J connectivity index is 2.43. The van der Waals surface area contributed by atoms with Gasteiger partial charge in [-0.1, -0.05) is 45.4 Å². The summed E-state index contributed by atoms with van der Waals surface area (Å²) in [6.07, 6.45) is 3.69. The van der Waals surface area contributed by atoms with Gasteiger partial charge in [0.25, 0.3) is 0 Å². The van der Waals surface area contributed by atoms with Crippen molar-refractivity contribution < 1.29 is 23.0 Å². The fourth-order valence-corrected chi connectivity index (χ4v) is 2.64. The van der Waals surface area contributed by atoms with Crippen molar-refractivity contribution in [3.05, 3.63) is 22.3 Å². The molecule has 1 heterocycles. The third-order valence-electron chi connectivity index (χ3n) is 3.42. The van der Waals surface area contributed by atoms with Gasteiger partial charge in [-0.05, 0) is 28.4 Å². The number of nitrogens with zero attached hydrogens (tertiary/aromatic N) is 1. The van der Waals surface area contributed by atoms with Crippen molar-refractivity contribution in [2.45, 2.75) is 64.1 Å². The number of pyridine rings is 1. The highest BCUT2D eigenvalue weighted by Gasteiger charge is 2.29. The van der Waals surface area contributed by atoms with E-state index in [0.717, 1.165) is 19.3 Å². The van der Waals surface area contributed by atoms with Crippen LogP contribution in [0.25, 0.3) is 0 Å². The standard InChI is InChI=1S/C16H23BrF3NO2/c1-2-3-4-5-6-7-8-14(22)12-9-13(17)15(21-10-12)23-11-16(18,19)20/h9-10,14,22H,2-8,11H2,1H3. The molecule has 7 heteroatoms. The molecule has 23 heavy (non-hydrogen) atoms. The molecule has 0 spiro atoms. The minimum Gasteiger partial charge on any atom is -0.467 e. The summed E-state index contributed by atoms with van der Waals surface area (Å²) >= 11 is 3.13. The van der Waals surface area contributed by atoms with Crippen molar-refractivity contribution in [3.8, 4) is 5.88 Å². The molecule has 1 rings (SSSR count). The van der Waals surface area contributed by atoms with Crippen LogP contribution in [0.15, 0.2) is 16.7 Å². The van der Waals surface area contributed by atoms with Crippen molar-refractivity contribution in [1.29, 1.82) is 0 Å². The predicted molar refractivity (Wildman–Crippen MR) is 86.4 cm³/mol. The number of aliphatic hydroxyl groups is 1. The lowest BCUT2D eigenvalue weighted by atomic mass is 10.0. The summed E-state index contributed by atoms with van der Waals surface area (Å²) in [5, 5.41) is 10.1. The molecule has 0 aliphatic carbocycles. The van der Waals surface area contributed by atoms with Gasteiger partial charge in [-0.2, -0.15) is 13.2 Å². The quantitative estimate of drug-likeness (QED) is 0.524. The molecule has 0 aliphatic heterocycles. The van der Waals surface area contributed by atoms with Crippen molar-refractivity contribution in [1.82, 2.24) is 4.98 Å². The smallest absolute Gasteiger partial charge is 0.422 e. The monoisotopic (exact) mass is 397 g/mol. The molecular weight excluding hydrogens is 375 g/mol. The zero-order valence-corrected chi connectivity index (χ0v) is 14.8. The molecule has 1 N–H and O–H groups in total. The highest BCUT2D eigenvalue weighted by Crippen LogP contribution is 2.29. The first-order valence-electron chi connectivity index (χ1n) is 7.86. The Morgan fingerprint density at radius 2 is 1.87 bits per heavy atom. The van der Waals surface area contributed by atoms with E-state index in [0.29, 0.717) is 16.5 Å². The highest BCUT2D eigenvalue weighted by atomic mass is 79.9. The SMILES string of the molecule is CCCCCCCCC(O)c1cnc(OCC(F)(F)F)c(Br)c1. The van der Waals surface area contributed by atoms with Gasteiger partial charge in [0, 0.05) is 11.8 Å². The van der Waals surface area contributed by atoms with Crippen LogP contribution in [0.4, 0.5) is 13.2 Å². The molecule has 0 saturated carbocycles. The van der Waals surface area contributed by atoms with E-state index in [1.165, 1.54) is 25.5 Å². The average Bonchev–Trinajstić information content (AvgIpc) is 2.48. The van der Waals surface area contributed by atoms with Gasteiger partial charge in [0.1, 0.15) is 0 Å². The first-order chi connectivity index (χ1) is 10.8. The van der Waals surface area contributed by atoms with Gasteiger partial charge < -0.3 is 9.84 Å². The zero-order chi connectivity index (χ0) is 17.3. The predicted octanol–water partition coefficient (Wildman–Crippen LogP) is 5.57. The van der Waals surface area contributed by atoms with Gasteiger partial charge in [-0.15, -0.1) is 0 Å². The Morgan fingerprint density at radius 1 is 1.22 bits per heavy atom. The van der Waals surface area contributed by atoms with Crippen molar-refractivity contribution >= 4 is 15.9 Å². The normalized spacial score (nSPS) is 13.1. The van der Waals surface area contributed by atoms with E-state index in [2.05, 4.69) is 32.6 Å². The van der Waals surface area contributed by atoms with E-state index in [-0.39, 0.29) is 5.88 Å². The number of hydrogen-bond acceptors (Lipinski definition) is 3. The van der Waals surface area contributed by atoms with Crippen molar-refractivity contribution in [2.75, 3.05) is 6.61 Å². The van der Waals surface area contributed by atoms with Gasteiger partial charge >= 0.3 is 6.18 Å². The molecular formula is C16H23BrF3NO2. The lowest BCUT2D eigenvalue weighted by Crippen LogP contribution is -2.19.